The summed E-state index contributed by atoms with van der Waals surface area (Å²) >= 11 is 3.22. The normalized spacial score (nSPS) is 11.0. The van der Waals surface area contributed by atoms with Crippen molar-refractivity contribution in [2.75, 3.05) is 5.32 Å². The molecule has 6 nitrogen and oxygen atoms in total. The van der Waals surface area contributed by atoms with Crippen molar-refractivity contribution in [2.45, 2.75) is 33.3 Å². The highest BCUT2D eigenvalue weighted by Gasteiger charge is 2.21. The van der Waals surface area contributed by atoms with E-state index in [9.17, 15) is 14.9 Å². The Hall–Kier alpha value is -1.63. The number of hydrogen-bond donors (Lipinski definition) is 1. The van der Waals surface area contributed by atoms with Crippen LogP contribution in [0.4, 0.5) is 16.2 Å². The molecule has 0 radical (unpaired) electrons. The van der Waals surface area contributed by atoms with Gasteiger partial charge in [-0.05, 0) is 39.3 Å². The van der Waals surface area contributed by atoms with E-state index in [1.807, 2.05) is 0 Å². The molecule has 0 bridgehead atoms. The Balaban J connectivity index is 3.03. The van der Waals surface area contributed by atoms with Crippen LogP contribution >= 0.6 is 15.9 Å². The van der Waals surface area contributed by atoms with Gasteiger partial charge in [-0.1, -0.05) is 15.9 Å². The second-order valence-corrected chi connectivity index (χ2v) is 5.86. The minimum Gasteiger partial charge on any atom is -0.444 e. The fourth-order valence-corrected chi connectivity index (χ4v) is 1.67. The van der Waals surface area contributed by atoms with Crippen LogP contribution < -0.4 is 5.32 Å². The number of rotatable bonds is 2. The lowest BCUT2D eigenvalue weighted by Gasteiger charge is -2.19. The zero-order valence-corrected chi connectivity index (χ0v) is 12.7. The summed E-state index contributed by atoms with van der Waals surface area (Å²) in [6, 6.07) is 2.87. The molecule has 19 heavy (non-hydrogen) atoms. The van der Waals surface area contributed by atoms with Gasteiger partial charge in [0.05, 0.1) is 4.92 Å². The van der Waals surface area contributed by atoms with Gasteiger partial charge in [0.1, 0.15) is 11.3 Å². The molecule has 104 valence electrons. The molecule has 0 atom stereocenters. The molecule has 0 saturated heterocycles. The fraction of sp³-hybridized carbons (Fsp3) is 0.417. The van der Waals surface area contributed by atoms with Crippen LogP contribution in [0.3, 0.4) is 0 Å². The first kappa shape index (κ1) is 15.4. The van der Waals surface area contributed by atoms with Gasteiger partial charge in [0.15, 0.2) is 0 Å². The molecule has 1 rings (SSSR count). The number of benzene rings is 1. The summed E-state index contributed by atoms with van der Waals surface area (Å²) in [5.74, 6) is 0. The summed E-state index contributed by atoms with van der Waals surface area (Å²) in [5, 5.41) is 13.3. The van der Waals surface area contributed by atoms with Crippen molar-refractivity contribution < 1.29 is 14.5 Å². The Morgan fingerprint density at radius 1 is 1.42 bits per heavy atom. The molecule has 0 spiro atoms. The van der Waals surface area contributed by atoms with Gasteiger partial charge in [-0.2, -0.15) is 0 Å². The van der Waals surface area contributed by atoms with Crippen LogP contribution in [-0.2, 0) is 4.74 Å². The molecule has 0 saturated carbocycles. The molecule has 0 aliphatic heterocycles. The second kappa shape index (κ2) is 5.56. The Labute approximate surface area is 119 Å². The van der Waals surface area contributed by atoms with Crippen molar-refractivity contribution in [1.29, 1.82) is 0 Å². The lowest BCUT2D eigenvalue weighted by molar-refractivity contribution is -0.384. The van der Waals surface area contributed by atoms with Crippen molar-refractivity contribution in [3.8, 4) is 0 Å². The van der Waals surface area contributed by atoms with Gasteiger partial charge in [-0.15, -0.1) is 0 Å². The average molecular weight is 331 g/mol. The highest BCUT2D eigenvalue weighted by atomic mass is 79.9. The molecule has 1 aromatic carbocycles. The van der Waals surface area contributed by atoms with E-state index < -0.39 is 16.6 Å². The van der Waals surface area contributed by atoms with E-state index in [-0.39, 0.29) is 11.4 Å². The third-order valence-electron chi connectivity index (χ3n) is 2.11. The van der Waals surface area contributed by atoms with Crippen LogP contribution in [0.25, 0.3) is 0 Å². The molecule has 0 aliphatic carbocycles. The number of nitrogens with zero attached hydrogens (tertiary/aromatic N) is 1. The first-order chi connectivity index (χ1) is 8.60. The van der Waals surface area contributed by atoms with E-state index in [1.165, 1.54) is 12.1 Å². The number of amides is 1. The fourth-order valence-electron chi connectivity index (χ4n) is 1.34. The van der Waals surface area contributed by atoms with Crippen LogP contribution in [0, 0.1) is 17.0 Å². The predicted octanol–water partition coefficient (Wildman–Crippen LogP) is 4.01. The standard InChI is InChI=1S/C12H15BrN2O4/c1-7-5-9(10(15(17)18)6-8(7)13)14-11(16)19-12(2,3)4/h5-6H,1-4H3,(H,14,16). The topological polar surface area (TPSA) is 81.5 Å². The zero-order chi connectivity index (χ0) is 14.8. The maximum atomic E-state index is 11.6. The molecule has 0 heterocycles. The smallest absolute Gasteiger partial charge is 0.412 e. The summed E-state index contributed by atoms with van der Waals surface area (Å²) in [4.78, 5) is 22.0. The summed E-state index contributed by atoms with van der Waals surface area (Å²) in [5.41, 5.74) is 0.0310. The van der Waals surface area contributed by atoms with Gasteiger partial charge in [-0.3, -0.25) is 15.4 Å². The SMILES string of the molecule is Cc1cc(NC(=O)OC(C)(C)C)c([N+](=O)[O-])cc1Br. The quantitative estimate of drug-likeness (QED) is 0.656. The van der Waals surface area contributed by atoms with Crippen molar-refractivity contribution in [3.05, 3.63) is 32.3 Å². The van der Waals surface area contributed by atoms with Gasteiger partial charge in [-0.25, -0.2) is 4.79 Å². The lowest BCUT2D eigenvalue weighted by Crippen LogP contribution is -2.27. The molecule has 0 unspecified atom stereocenters. The maximum Gasteiger partial charge on any atom is 0.412 e. The van der Waals surface area contributed by atoms with E-state index >= 15 is 0 Å². The van der Waals surface area contributed by atoms with E-state index in [4.69, 9.17) is 4.74 Å². The summed E-state index contributed by atoms with van der Waals surface area (Å²) in [7, 11) is 0. The van der Waals surface area contributed by atoms with Crippen molar-refractivity contribution in [3.63, 3.8) is 0 Å². The first-order valence-electron chi connectivity index (χ1n) is 5.54. The maximum absolute atomic E-state index is 11.6. The van der Waals surface area contributed by atoms with Crippen molar-refractivity contribution >= 4 is 33.4 Å². The monoisotopic (exact) mass is 330 g/mol. The van der Waals surface area contributed by atoms with Gasteiger partial charge in [0.25, 0.3) is 5.69 Å². The Kier molecular flexibility index (Phi) is 4.52. The van der Waals surface area contributed by atoms with Gasteiger partial charge in [0.2, 0.25) is 0 Å². The molecule has 0 aromatic heterocycles. The summed E-state index contributed by atoms with van der Waals surface area (Å²) in [6.07, 6.45) is -0.725. The molecule has 1 amide bonds. The van der Waals surface area contributed by atoms with E-state index in [2.05, 4.69) is 21.2 Å². The highest BCUT2D eigenvalue weighted by molar-refractivity contribution is 9.10. The van der Waals surface area contributed by atoms with Crippen LogP contribution in [0.2, 0.25) is 0 Å². The number of ether oxygens (including phenoxy) is 1. The van der Waals surface area contributed by atoms with Crippen molar-refractivity contribution in [2.24, 2.45) is 0 Å². The van der Waals surface area contributed by atoms with E-state index in [0.29, 0.717) is 4.47 Å². The molecule has 0 fully saturated rings. The number of nitro groups is 1. The number of carbonyl (C=O) groups is 1. The molecule has 7 heteroatoms. The Morgan fingerprint density at radius 2 is 2.00 bits per heavy atom. The largest absolute Gasteiger partial charge is 0.444 e. The average Bonchev–Trinajstić information content (AvgIpc) is 2.19. The molecular formula is C12H15BrN2O4. The van der Waals surface area contributed by atoms with Gasteiger partial charge >= 0.3 is 6.09 Å². The van der Waals surface area contributed by atoms with E-state index in [0.717, 1.165) is 5.56 Å². The number of anilines is 1. The van der Waals surface area contributed by atoms with Gasteiger partial charge in [0, 0.05) is 10.5 Å². The lowest BCUT2D eigenvalue weighted by atomic mass is 10.2. The number of aryl methyl sites for hydroxylation is 1. The summed E-state index contributed by atoms with van der Waals surface area (Å²) < 4.78 is 5.67. The minimum absolute atomic E-state index is 0.111. The number of nitrogens with one attached hydrogen (secondary N) is 1. The third-order valence-corrected chi connectivity index (χ3v) is 2.96. The Morgan fingerprint density at radius 3 is 2.47 bits per heavy atom. The molecule has 1 N–H and O–H groups in total. The molecular weight excluding hydrogens is 316 g/mol. The second-order valence-electron chi connectivity index (χ2n) is 5.00. The predicted molar refractivity (Wildman–Crippen MR) is 75.4 cm³/mol. The van der Waals surface area contributed by atoms with Crippen LogP contribution in [0.1, 0.15) is 26.3 Å². The van der Waals surface area contributed by atoms with Crippen LogP contribution in [0.5, 0.6) is 0 Å². The minimum atomic E-state index is -0.725. The first-order valence-corrected chi connectivity index (χ1v) is 6.34. The highest BCUT2D eigenvalue weighted by Crippen LogP contribution is 2.31. The third kappa shape index (κ3) is 4.51. The van der Waals surface area contributed by atoms with E-state index in [1.54, 1.807) is 27.7 Å². The van der Waals surface area contributed by atoms with Gasteiger partial charge < -0.3 is 4.74 Å². The zero-order valence-electron chi connectivity index (χ0n) is 11.1. The number of carbonyl (C=O) groups excluding carboxylic acids is 1. The summed E-state index contributed by atoms with van der Waals surface area (Å²) in [6.45, 7) is 6.92. The number of nitro benzene ring substituents is 1. The molecule has 1 aromatic rings. The van der Waals surface area contributed by atoms with Crippen LogP contribution in [0.15, 0.2) is 16.6 Å². The Bertz CT molecular complexity index is 523. The number of hydrogen-bond acceptors (Lipinski definition) is 4. The number of halogens is 1. The van der Waals surface area contributed by atoms with Crippen molar-refractivity contribution in [1.82, 2.24) is 0 Å². The van der Waals surface area contributed by atoms with Crippen LogP contribution in [-0.4, -0.2) is 16.6 Å². The molecule has 0 aliphatic rings.